The molecule has 5 heteroatoms. The van der Waals surface area contributed by atoms with Crippen LogP contribution >= 0.6 is 15.9 Å². The summed E-state index contributed by atoms with van der Waals surface area (Å²) >= 11 is 3.19. The van der Waals surface area contributed by atoms with E-state index in [1.807, 2.05) is 12.1 Å². The summed E-state index contributed by atoms with van der Waals surface area (Å²) in [5, 5.41) is 8.58. The van der Waals surface area contributed by atoms with Gasteiger partial charge in [-0.1, -0.05) is 28.1 Å². The van der Waals surface area contributed by atoms with Crippen LogP contribution in [0.4, 0.5) is 4.39 Å². The lowest BCUT2D eigenvalue weighted by molar-refractivity contribution is 0.211. The Morgan fingerprint density at radius 2 is 1.76 bits per heavy atom. The van der Waals surface area contributed by atoms with Crippen LogP contribution in [0.15, 0.2) is 46.9 Å². The molecule has 0 aromatic heterocycles. The maximum absolute atomic E-state index is 13.5. The Bertz CT molecular complexity index is 638. The SMILES string of the molecule is N#CCc1ccc(OCCOc2ccc(Br)cc2F)cc1. The fraction of sp³-hybridized carbons (Fsp3) is 0.188. The maximum Gasteiger partial charge on any atom is 0.166 e. The highest BCUT2D eigenvalue weighted by atomic mass is 79.9. The lowest BCUT2D eigenvalue weighted by Gasteiger charge is -2.09. The largest absolute Gasteiger partial charge is 0.490 e. The van der Waals surface area contributed by atoms with E-state index in [1.54, 1.807) is 24.3 Å². The van der Waals surface area contributed by atoms with Crippen molar-refractivity contribution in [3.63, 3.8) is 0 Å². The van der Waals surface area contributed by atoms with Crippen LogP contribution in [-0.4, -0.2) is 13.2 Å². The molecule has 2 rings (SSSR count). The van der Waals surface area contributed by atoms with Gasteiger partial charge in [0.1, 0.15) is 19.0 Å². The van der Waals surface area contributed by atoms with Crippen molar-refractivity contribution in [2.75, 3.05) is 13.2 Å². The molecule has 0 saturated heterocycles. The van der Waals surface area contributed by atoms with Crippen molar-refractivity contribution < 1.29 is 13.9 Å². The number of nitrogens with zero attached hydrogens (tertiary/aromatic N) is 1. The van der Waals surface area contributed by atoms with Crippen LogP contribution in [0.5, 0.6) is 11.5 Å². The molecule has 0 N–H and O–H groups in total. The van der Waals surface area contributed by atoms with Crippen LogP contribution < -0.4 is 9.47 Å². The first-order chi connectivity index (χ1) is 10.2. The molecule has 0 radical (unpaired) electrons. The molecule has 0 amide bonds. The molecule has 0 fully saturated rings. The fourth-order valence-corrected chi connectivity index (χ4v) is 2.03. The van der Waals surface area contributed by atoms with E-state index in [0.29, 0.717) is 23.2 Å². The molecule has 2 aromatic rings. The van der Waals surface area contributed by atoms with Gasteiger partial charge in [0.05, 0.1) is 12.5 Å². The molecular weight excluding hydrogens is 337 g/mol. The Morgan fingerprint density at radius 3 is 2.43 bits per heavy atom. The van der Waals surface area contributed by atoms with Crippen LogP contribution in [0.25, 0.3) is 0 Å². The van der Waals surface area contributed by atoms with Crippen molar-refractivity contribution in [1.29, 1.82) is 5.26 Å². The van der Waals surface area contributed by atoms with Crippen molar-refractivity contribution in [3.8, 4) is 17.6 Å². The number of hydrogen-bond acceptors (Lipinski definition) is 3. The summed E-state index contributed by atoms with van der Waals surface area (Å²) in [5.74, 6) is 0.480. The average molecular weight is 350 g/mol. The molecule has 21 heavy (non-hydrogen) atoms. The minimum atomic E-state index is -0.412. The van der Waals surface area contributed by atoms with Gasteiger partial charge in [-0.25, -0.2) is 4.39 Å². The van der Waals surface area contributed by atoms with Gasteiger partial charge in [0.15, 0.2) is 11.6 Å². The highest BCUT2D eigenvalue weighted by molar-refractivity contribution is 9.10. The summed E-state index contributed by atoms with van der Waals surface area (Å²) < 4.78 is 25.0. The van der Waals surface area contributed by atoms with Crippen LogP contribution in [0.3, 0.4) is 0 Å². The second-order valence-electron chi connectivity index (χ2n) is 4.25. The van der Waals surface area contributed by atoms with Gasteiger partial charge >= 0.3 is 0 Å². The van der Waals surface area contributed by atoms with Crippen LogP contribution in [-0.2, 0) is 6.42 Å². The summed E-state index contributed by atoms with van der Waals surface area (Å²) in [7, 11) is 0. The summed E-state index contributed by atoms with van der Waals surface area (Å²) in [6, 6.07) is 14.0. The van der Waals surface area contributed by atoms with Crippen molar-refractivity contribution >= 4 is 15.9 Å². The summed E-state index contributed by atoms with van der Waals surface area (Å²) in [6.45, 7) is 0.561. The van der Waals surface area contributed by atoms with Gasteiger partial charge in [0.2, 0.25) is 0 Å². The predicted molar refractivity (Wildman–Crippen MR) is 80.8 cm³/mol. The van der Waals surface area contributed by atoms with E-state index >= 15 is 0 Å². The van der Waals surface area contributed by atoms with Crippen molar-refractivity contribution in [3.05, 3.63) is 58.3 Å². The van der Waals surface area contributed by atoms with Gasteiger partial charge in [0, 0.05) is 4.47 Å². The van der Waals surface area contributed by atoms with Crippen LogP contribution in [0.1, 0.15) is 5.56 Å². The normalized spacial score (nSPS) is 9.95. The number of nitriles is 1. The molecule has 0 spiro atoms. The number of benzene rings is 2. The van der Waals surface area contributed by atoms with E-state index in [4.69, 9.17) is 14.7 Å². The minimum Gasteiger partial charge on any atom is -0.490 e. The average Bonchev–Trinajstić information content (AvgIpc) is 2.47. The molecule has 0 heterocycles. The predicted octanol–water partition coefficient (Wildman–Crippen LogP) is 4.11. The summed E-state index contributed by atoms with van der Waals surface area (Å²) in [5.41, 5.74) is 0.943. The number of hydrogen-bond donors (Lipinski definition) is 0. The molecule has 2 aromatic carbocycles. The molecule has 0 atom stereocenters. The third-order valence-corrected chi connectivity index (χ3v) is 3.20. The first-order valence-electron chi connectivity index (χ1n) is 6.35. The Balaban J connectivity index is 1.78. The monoisotopic (exact) mass is 349 g/mol. The molecule has 0 unspecified atom stereocenters. The Hall–Kier alpha value is -2.06. The number of halogens is 2. The Labute approximate surface area is 131 Å². The van der Waals surface area contributed by atoms with Gasteiger partial charge in [-0.3, -0.25) is 0 Å². The van der Waals surface area contributed by atoms with Crippen molar-refractivity contribution in [2.24, 2.45) is 0 Å². The zero-order valence-electron chi connectivity index (χ0n) is 11.2. The molecular formula is C16H13BrFNO2. The quantitative estimate of drug-likeness (QED) is 0.737. The van der Waals surface area contributed by atoms with E-state index in [-0.39, 0.29) is 12.4 Å². The van der Waals surface area contributed by atoms with Gasteiger partial charge in [0.25, 0.3) is 0 Å². The lowest BCUT2D eigenvalue weighted by atomic mass is 10.2. The maximum atomic E-state index is 13.5. The van der Waals surface area contributed by atoms with E-state index < -0.39 is 5.82 Å². The first-order valence-corrected chi connectivity index (χ1v) is 7.15. The van der Waals surface area contributed by atoms with E-state index in [2.05, 4.69) is 22.0 Å². The van der Waals surface area contributed by atoms with Gasteiger partial charge in [-0.05, 0) is 35.9 Å². The molecule has 108 valence electrons. The Kier molecular flexibility index (Phi) is 5.59. The van der Waals surface area contributed by atoms with E-state index in [1.165, 1.54) is 6.07 Å². The highest BCUT2D eigenvalue weighted by Gasteiger charge is 2.03. The zero-order chi connectivity index (χ0) is 15.1. The zero-order valence-corrected chi connectivity index (χ0v) is 12.8. The fourth-order valence-electron chi connectivity index (χ4n) is 1.70. The summed E-state index contributed by atoms with van der Waals surface area (Å²) in [6.07, 6.45) is 0.381. The third-order valence-electron chi connectivity index (χ3n) is 2.71. The topological polar surface area (TPSA) is 42.2 Å². The van der Waals surface area contributed by atoms with Crippen molar-refractivity contribution in [2.45, 2.75) is 6.42 Å². The van der Waals surface area contributed by atoms with E-state index in [9.17, 15) is 4.39 Å². The lowest BCUT2D eigenvalue weighted by Crippen LogP contribution is -2.09. The molecule has 0 aliphatic heterocycles. The smallest absolute Gasteiger partial charge is 0.166 e. The highest BCUT2D eigenvalue weighted by Crippen LogP contribution is 2.21. The third kappa shape index (κ3) is 4.76. The number of rotatable bonds is 6. The molecule has 0 bridgehead atoms. The van der Waals surface area contributed by atoms with Gasteiger partial charge in [-0.2, -0.15) is 5.26 Å². The van der Waals surface area contributed by atoms with Gasteiger partial charge in [-0.15, -0.1) is 0 Å². The first kappa shape index (κ1) is 15.3. The van der Waals surface area contributed by atoms with Gasteiger partial charge < -0.3 is 9.47 Å². The minimum absolute atomic E-state index is 0.200. The second kappa shape index (κ2) is 7.65. The Morgan fingerprint density at radius 1 is 1.05 bits per heavy atom. The molecule has 0 saturated carbocycles. The second-order valence-corrected chi connectivity index (χ2v) is 5.17. The van der Waals surface area contributed by atoms with Crippen LogP contribution in [0.2, 0.25) is 0 Å². The number of ether oxygens (including phenoxy) is 2. The standard InChI is InChI=1S/C16H13BrFNO2/c17-13-3-6-16(15(18)11-13)21-10-9-20-14-4-1-12(2-5-14)7-8-19/h1-6,11H,7,9-10H2. The van der Waals surface area contributed by atoms with Crippen LogP contribution in [0, 0.1) is 17.1 Å². The molecule has 0 aliphatic rings. The molecule has 0 aliphatic carbocycles. The van der Waals surface area contributed by atoms with Crippen molar-refractivity contribution in [1.82, 2.24) is 0 Å². The molecule has 3 nitrogen and oxygen atoms in total. The van der Waals surface area contributed by atoms with E-state index in [0.717, 1.165) is 5.56 Å². The summed E-state index contributed by atoms with van der Waals surface area (Å²) in [4.78, 5) is 0.